The van der Waals surface area contributed by atoms with Crippen molar-refractivity contribution in [3.8, 4) is 0 Å². The molecule has 4 rings (SSSR count). The van der Waals surface area contributed by atoms with Gasteiger partial charge >= 0.3 is 0 Å². The van der Waals surface area contributed by atoms with Crippen LogP contribution in [0.2, 0.25) is 0 Å². The number of hydrogen-bond donors (Lipinski definition) is 1. The van der Waals surface area contributed by atoms with Crippen molar-refractivity contribution in [1.82, 2.24) is 0 Å². The van der Waals surface area contributed by atoms with Crippen LogP contribution in [0, 0.1) is 6.92 Å². The first-order chi connectivity index (χ1) is 12.6. The van der Waals surface area contributed by atoms with E-state index >= 15 is 0 Å². The van der Waals surface area contributed by atoms with Gasteiger partial charge in [0.1, 0.15) is 0 Å². The topological polar surface area (TPSA) is 37.3 Å². The van der Waals surface area contributed by atoms with Gasteiger partial charge in [0.15, 0.2) is 5.78 Å². The summed E-state index contributed by atoms with van der Waals surface area (Å²) in [5.74, 6) is 0.218. The number of ketones is 1. The highest BCUT2D eigenvalue weighted by molar-refractivity contribution is 6.28. The Morgan fingerprint density at radius 2 is 1.88 bits per heavy atom. The summed E-state index contributed by atoms with van der Waals surface area (Å²) in [4.78, 5) is 12.9. The molecular formula is C24H24O2. The number of aryl methyl sites for hydroxylation is 1. The van der Waals surface area contributed by atoms with Crippen LogP contribution in [0.15, 0.2) is 54.1 Å². The lowest BCUT2D eigenvalue weighted by Gasteiger charge is -2.10. The molecule has 0 aromatic heterocycles. The number of allylic oxidation sites excluding steroid dienone is 3. The Balaban J connectivity index is 1.88. The molecule has 1 atom stereocenters. The lowest BCUT2D eigenvalue weighted by atomic mass is 9.94. The van der Waals surface area contributed by atoms with Gasteiger partial charge in [0.05, 0.1) is 6.10 Å². The fourth-order valence-corrected chi connectivity index (χ4v) is 4.12. The van der Waals surface area contributed by atoms with E-state index in [1.54, 1.807) is 0 Å². The maximum atomic E-state index is 12.9. The Bertz CT molecular complexity index is 946. The number of benzene rings is 2. The molecule has 0 heterocycles. The van der Waals surface area contributed by atoms with E-state index in [9.17, 15) is 9.90 Å². The number of carbonyl (C=O) groups excluding carboxylic acids is 1. The molecule has 0 saturated heterocycles. The predicted octanol–water partition coefficient (Wildman–Crippen LogP) is 4.67. The van der Waals surface area contributed by atoms with Crippen molar-refractivity contribution < 1.29 is 9.90 Å². The van der Waals surface area contributed by atoms with E-state index in [-0.39, 0.29) is 11.9 Å². The number of aliphatic hydroxyl groups is 1. The maximum Gasteiger partial charge on any atom is 0.168 e. The van der Waals surface area contributed by atoms with Gasteiger partial charge in [-0.25, -0.2) is 0 Å². The van der Waals surface area contributed by atoms with Gasteiger partial charge in [-0.05, 0) is 59.6 Å². The number of fused-ring (bicyclic) bond motifs is 2. The Kier molecular flexibility index (Phi) is 4.37. The molecule has 0 fully saturated rings. The second-order valence-corrected chi connectivity index (χ2v) is 7.36. The number of aliphatic hydroxyl groups excluding tert-OH is 1. The molecule has 132 valence electrons. The normalized spacial score (nSPS) is 21.2. The van der Waals surface area contributed by atoms with Crippen molar-refractivity contribution in [2.24, 2.45) is 0 Å². The summed E-state index contributed by atoms with van der Waals surface area (Å²) >= 11 is 0. The van der Waals surface area contributed by atoms with E-state index in [4.69, 9.17) is 0 Å². The number of hydrogen-bond acceptors (Lipinski definition) is 2. The van der Waals surface area contributed by atoms with Crippen LogP contribution in [0.1, 0.15) is 47.6 Å². The fourth-order valence-electron chi connectivity index (χ4n) is 4.12. The Morgan fingerprint density at radius 3 is 2.69 bits per heavy atom. The summed E-state index contributed by atoms with van der Waals surface area (Å²) < 4.78 is 0. The second-order valence-electron chi connectivity index (χ2n) is 7.36. The van der Waals surface area contributed by atoms with E-state index in [2.05, 4.69) is 49.4 Å². The third-order valence-corrected chi connectivity index (χ3v) is 5.53. The highest BCUT2D eigenvalue weighted by Crippen LogP contribution is 2.44. The summed E-state index contributed by atoms with van der Waals surface area (Å²) in [5, 5.41) is 10.0. The van der Waals surface area contributed by atoms with Crippen molar-refractivity contribution in [2.75, 3.05) is 0 Å². The number of rotatable bonds is 3. The summed E-state index contributed by atoms with van der Waals surface area (Å²) in [6.07, 6.45) is 4.43. The molecule has 2 heteroatoms. The van der Waals surface area contributed by atoms with Crippen molar-refractivity contribution in [3.05, 3.63) is 81.9 Å². The van der Waals surface area contributed by atoms with Crippen LogP contribution in [0.5, 0.6) is 0 Å². The molecule has 0 amide bonds. The molecular weight excluding hydrogens is 320 g/mol. The standard InChI is InChI=1S/C24H24O2/c1-3-18(25)9-11-21-19-7-5-4-6-16(19)13-22(21)24-20-10-8-15(2)12-17(20)14-23(24)26/h4-8,10-12,18,25H,3,9,13-14H2,1-2H3. The zero-order chi connectivity index (χ0) is 18.3. The summed E-state index contributed by atoms with van der Waals surface area (Å²) in [7, 11) is 0. The zero-order valence-corrected chi connectivity index (χ0v) is 15.4. The third-order valence-electron chi connectivity index (χ3n) is 5.53. The lowest BCUT2D eigenvalue weighted by molar-refractivity contribution is -0.112. The highest BCUT2D eigenvalue weighted by atomic mass is 16.3. The van der Waals surface area contributed by atoms with Crippen LogP contribution in [0.3, 0.4) is 0 Å². The van der Waals surface area contributed by atoms with Crippen LogP contribution in [-0.4, -0.2) is 17.0 Å². The van der Waals surface area contributed by atoms with E-state index in [1.165, 1.54) is 16.7 Å². The maximum absolute atomic E-state index is 12.9. The van der Waals surface area contributed by atoms with Crippen molar-refractivity contribution in [3.63, 3.8) is 0 Å². The van der Waals surface area contributed by atoms with Crippen LogP contribution in [-0.2, 0) is 17.6 Å². The molecule has 0 radical (unpaired) electrons. The fraction of sp³-hybridized carbons (Fsp3) is 0.292. The lowest BCUT2D eigenvalue weighted by Crippen LogP contribution is -2.03. The summed E-state index contributed by atoms with van der Waals surface area (Å²) in [6, 6.07) is 14.7. The average molecular weight is 344 g/mol. The smallest absolute Gasteiger partial charge is 0.168 e. The van der Waals surface area contributed by atoms with Gasteiger partial charge in [0.25, 0.3) is 0 Å². The van der Waals surface area contributed by atoms with Crippen LogP contribution in [0.25, 0.3) is 11.1 Å². The molecule has 2 nitrogen and oxygen atoms in total. The van der Waals surface area contributed by atoms with Crippen molar-refractivity contribution >= 4 is 16.9 Å². The minimum absolute atomic E-state index is 0.218. The zero-order valence-electron chi connectivity index (χ0n) is 15.4. The van der Waals surface area contributed by atoms with E-state index in [1.807, 2.05) is 13.0 Å². The minimum atomic E-state index is -0.337. The van der Waals surface area contributed by atoms with Gasteiger partial charge in [-0.15, -0.1) is 0 Å². The molecule has 2 aliphatic rings. The van der Waals surface area contributed by atoms with Crippen LogP contribution >= 0.6 is 0 Å². The van der Waals surface area contributed by atoms with Crippen molar-refractivity contribution in [1.29, 1.82) is 0 Å². The van der Waals surface area contributed by atoms with Gasteiger partial charge in [-0.2, -0.15) is 0 Å². The quantitative estimate of drug-likeness (QED) is 0.821. The summed E-state index contributed by atoms with van der Waals surface area (Å²) in [5.41, 5.74) is 9.03. The van der Waals surface area contributed by atoms with E-state index in [0.717, 1.165) is 40.7 Å². The monoisotopic (exact) mass is 344 g/mol. The molecule has 0 spiro atoms. The minimum Gasteiger partial charge on any atom is -0.393 e. The first-order valence-electron chi connectivity index (χ1n) is 9.41. The van der Waals surface area contributed by atoms with Gasteiger partial charge in [0, 0.05) is 12.0 Å². The molecule has 0 saturated carbocycles. The first-order valence-corrected chi connectivity index (χ1v) is 9.41. The van der Waals surface area contributed by atoms with Gasteiger partial charge in [-0.3, -0.25) is 4.79 Å². The average Bonchev–Trinajstić information content (AvgIpc) is 3.15. The van der Waals surface area contributed by atoms with Crippen LogP contribution < -0.4 is 0 Å². The second kappa shape index (κ2) is 6.69. The van der Waals surface area contributed by atoms with Gasteiger partial charge in [0.2, 0.25) is 0 Å². The number of Topliss-reactive ketones (excluding diaryl/α,β-unsaturated/α-hetero) is 1. The number of carbonyl (C=O) groups is 1. The molecule has 1 N–H and O–H groups in total. The summed E-state index contributed by atoms with van der Waals surface area (Å²) in [6.45, 7) is 4.06. The van der Waals surface area contributed by atoms with Gasteiger partial charge in [-0.1, -0.05) is 61.0 Å². The Labute approximate surface area is 154 Å². The molecule has 2 aromatic carbocycles. The predicted molar refractivity (Wildman–Crippen MR) is 106 cm³/mol. The highest BCUT2D eigenvalue weighted by Gasteiger charge is 2.32. The van der Waals surface area contributed by atoms with E-state index in [0.29, 0.717) is 12.8 Å². The largest absolute Gasteiger partial charge is 0.393 e. The molecule has 0 aliphatic heterocycles. The van der Waals surface area contributed by atoms with E-state index < -0.39 is 0 Å². The third kappa shape index (κ3) is 2.85. The molecule has 26 heavy (non-hydrogen) atoms. The van der Waals surface area contributed by atoms with Crippen LogP contribution in [0.4, 0.5) is 0 Å². The molecule has 0 bridgehead atoms. The molecule has 1 unspecified atom stereocenters. The Hall–Kier alpha value is -2.45. The van der Waals surface area contributed by atoms with Crippen molar-refractivity contribution in [2.45, 2.75) is 45.6 Å². The SMILES string of the molecule is CCC(O)CC=C1C(=C2C(=O)Cc3cc(C)ccc32)Cc2ccccc21. The first kappa shape index (κ1) is 17.0. The Morgan fingerprint density at radius 1 is 1.08 bits per heavy atom. The van der Waals surface area contributed by atoms with Gasteiger partial charge < -0.3 is 5.11 Å². The molecule has 2 aliphatic carbocycles. The molecule has 2 aromatic rings.